The molecule has 0 aliphatic rings. The van der Waals surface area contributed by atoms with Gasteiger partial charge in [-0.05, 0) is 31.9 Å². The topological polar surface area (TPSA) is 105 Å². The minimum absolute atomic E-state index is 0.139. The fourth-order valence-corrected chi connectivity index (χ4v) is 3.45. The van der Waals surface area contributed by atoms with Crippen LogP contribution in [0.15, 0.2) is 28.3 Å². The summed E-state index contributed by atoms with van der Waals surface area (Å²) < 4.78 is 27.2. The summed E-state index contributed by atoms with van der Waals surface area (Å²) in [5.74, 6) is -0.139. The Balaban J connectivity index is 3.09. The zero-order valence-corrected chi connectivity index (χ0v) is 12.7. The third kappa shape index (κ3) is 3.94. The van der Waals surface area contributed by atoms with Gasteiger partial charge in [0.25, 0.3) is 0 Å². The molecule has 0 aliphatic carbocycles. The number of sulfonamides is 1. The van der Waals surface area contributed by atoms with Gasteiger partial charge in [-0.25, -0.2) is 13.1 Å². The molecule has 0 saturated heterocycles. The molecule has 0 saturated carbocycles. The van der Waals surface area contributed by atoms with Crippen LogP contribution in [-0.2, 0) is 10.0 Å². The molecule has 1 aromatic rings. The number of oxime groups is 1. The predicted octanol–water partition coefficient (Wildman–Crippen LogP) is 1.50. The third-order valence-corrected chi connectivity index (χ3v) is 4.60. The van der Waals surface area contributed by atoms with Gasteiger partial charge in [-0.3, -0.25) is 0 Å². The monoisotopic (exact) mass is 299 g/mol. The van der Waals surface area contributed by atoms with Crippen LogP contribution in [0.25, 0.3) is 0 Å². The van der Waals surface area contributed by atoms with Crippen molar-refractivity contribution < 1.29 is 13.6 Å². The first-order valence-corrected chi connectivity index (χ1v) is 7.87. The van der Waals surface area contributed by atoms with Gasteiger partial charge in [0.15, 0.2) is 5.84 Å². The first-order valence-electron chi connectivity index (χ1n) is 6.38. The Hall–Kier alpha value is -1.60. The first kappa shape index (κ1) is 16.5. The van der Waals surface area contributed by atoms with Gasteiger partial charge in [-0.15, -0.1) is 0 Å². The fourth-order valence-electron chi connectivity index (χ4n) is 1.98. The van der Waals surface area contributed by atoms with Gasteiger partial charge in [0.2, 0.25) is 10.0 Å². The van der Waals surface area contributed by atoms with Crippen molar-refractivity contribution in [3.05, 3.63) is 29.3 Å². The van der Waals surface area contributed by atoms with Crippen LogP contribution < -0.4 is 10.5 Å². The minimum atomic E-state index is -3.71. The maximum Gasteiger partial charge on any atom is 0.241 e. The van der Waals surface area contributed by atoms with Gasteiger partial charge in [-0.2, -0.15) is 0 Å². The molecule has 1 atom stereocenters. The summed E-state index contributed by atoms with van der Waals surface area (Å²) in [6.07, 6.45) is 1.16. The molecule has 0 fully saturated rings. The summed E-state index contributed by atoms with van der Waals surface area (Å²) >= 11 is 0. The standard InChI is InChI=1S/C13H21N3O3S/c1-4-5-11(13(14)15-17)16-20(18,19)12-7-6-9(2)8-10(12)3/h6-8,11,16-17H,4-5H2,1-3H3,(H2,14,15). The number of hydrogen-bond acceptors (Lipinski definition) is 4. The van der Waals surface area contributed by atoms with E-state index in [2.05, 4.69) is 9.88 Å². The lowest BCUT2D eigenvalue weighted by molar-refractivity contribution is 0.315. The molecule has 0 aliphatic heterocycles. The van der Waals surface area contributed by atoms with Crippen molar-refractivity contribution in [3.8, 4) is 0 Å². The van der Waals surface area contributed by atoms with E-state index in [0.29, 0.717) is 18.4 Å². The smallest absolute Gasteiger partial charge is 0.241 e. The maximum absolute atomic E-state index is 12.4. The number of rotatable bonds is 6. The van der Waals surface area contributed by atoms with Crippen molar-refractivity contribution >= 4 is 15.9 Å². The molecule has 20 heavy (non-hydrogen) atoms. The van der Waals surface area contributed by atoms with Gasteiger partial charge in [-0.1, -0.05) is 36.2 Å². The molecule has 6 nitrogen and oxygen atoms in total. The Bertz CT molecular complexity index is 597. The zero-order chi connectivity index (χ0) is 15.3. The molecule has 0 radical (unpaired) electrons. The Morgan fingerprint density at radius 1 is 1.45 bits per heavy atom. The van der Waals surface area contributed by atoms with Crippen LogP contribution in [-0.4, -0.2) is 25.5 Å². The van der Waals surface area contributed by atoms with Crippen molar-refractivity contribution in [1.82, 2.24) is 4.72 Å². The van der Waals surface area contributed by atoms with Crippen LogP contribution in [0.4, 0.5) is 0 Å². The van der Waals surface area contributed by atoms with E-state index >= 15 is 0 Å². The largest absolute Gasteiger partial charge is 0.409 e. The van der Waals surface area contributed by atoms with Crippen LogP contribution in [0, 0.1) is 13.8 Å². The SMILES string of the molecule is CCCC(NS(=O)(=O)c1ccc(C)cc1C)/C(N)=N/O. The molecule has 7 heteroatoms. The highest BCUT2D eigenvalue weighted by Crippen LogP contribution is 2.17. The number of amidine groups is 1. The molecule has 1 rings (SSSR count). The molecule has 0 spiro atoms. The van der Waals surface area contributed by atoms with Crippen molar-refractivity contribution in [1.29, 1.82) is 0 Å². The van der Waals surface area contributed by atoms with Gasteiger partial charge >= 0.3 is 0 Å². The summed E-state index contributed by atoms with van der Waals surface area (Å²) in [4.78, 5) is 0.204. The lowest BCUT2D eigenvalue weighted by Crippen LogP contribution is -2.44. The number of benzene rings is 1. The average Bonchev–Trinajstić information content (AvgIpc) is 2.36. The first-order chi connectivity index (χ1) is 9.31. The second kappa shape index (κ2) is 6.71. The number of nitrogens with two attached hydrogens (primary N) is 1. The molecule has 0 heterocycles. The quantitative estimate of drug-likeness (QED) is 0.320. The highest BCUT2D eigenvalue weighted by molar-refractivity contribution is 7.89. The van der Waals surface area contributed by atoms with Crippen molar-refractivity contribution in [3.63, 3.8) is 0 Å². The lowest BCUT2D eigenvalue weighted by Gasteiger charge is -2.17. The van der Waals surface area contributed by atoms with Crippen LogP contribution in [0.2, 0.25) is 0 Å². The van der Waals surface area contributed by atoms with E-state index in [1.807, 2.05) is 13.8 Å². The zero-order valence-electron chi connectivity index (χ0n) is 11.9. The maximum atomic E-state index is 12.4. The second-order valence-electron chi connectivity index (χ2n) is 4.76. The summed E-state index contributed by atoms with van der Waals surface area (Å²) in [5.41, 5.74) is 7.17. The Labute approximate surface area is 119 Å². The molecule has 0 aromatic heterocycles. The number of nitrogens with zero attached hydrogens (tertiary/aromatic N) is 1. The lowest BCUT2D eigenvalue weighted by atomic mass is 10.2. The van der Waals surface area contributed by atoms with E-state index in [4.69, 9.17) is 10.9 Å². The molecule has 112 valence electrons. The molecule has 1 unspecified atom stereocenters. The van der Waals surface area contributed by atoms with E-state index in [-0.39, 0.29) is 10.7 Å². The van der Waals surface area contributed by atoms with E-state index < -0.39 is 16.1 Å². The fraction of sp³-hybridized carbons (Fsp3) is 0.462. The minimum Gasteiger partial charge on any atom is -0.409 e. The number of aryl methyl sites for hydroxylation is 2. The molecule has 1 aromatic carbocycles. The van der Waals surface area contributed by atoms with Gasteiger partial charge in [0.1, 0.15) is 0 Å². The van der Waals surface area contributed by atoms with Crippen molar-refractivity contribution in [2.24, 2.45) is 10.9 Å². The summed E-state index contributed by atoms with van der Waals surface area (Å²) in [5, 5.41) is 11.6. The van der Waals surface area contributed by atoms with E-state index in [1.165, 1.54) is 0 Å². The molecule has 0 amide bonds. The third-order valence-electron chi connectivity index (χ3n) is 2.97. The Morgan fingerprint density at radius 3 is 2.60 bits per heavy atom. The van der Waals surface area contributed by atoms with Gasteiger partial charge < -0.3 is 10.9 Å². The molecular weight excluding hydrogens is 278 g/mol. The second-order valence-corrected chi connectivity index (χ2v) is 6.44. The molecule has 0 bridgehead atoms. The summed E-state index contributed by atoms with van der Waals surface area (Å²) in [6.45, 7) is 5.52. The van der Waals surface area contributed by atoms with Gasteiger partial charge in [0, 0.05) is 0 Å². The number of hydrogen-bond donors (Lipinski definition) is 3. The summed E-state index contributed by atoms with van der Waals surface area (Å²) in [6, 6.07) is 4.38. The van der Waals surface area contributed by atoms with Crippen LogP contribution in [0.3, 0.4) is 0 Å². The Morgan fingerprint density at radius 2 is 2.10 bits per heavy atom. The number of nitrogens with one attached hydrogen (secondary N) is 1. The predicted molar refractivity (Wildman–Crippen MR) is 78.3 cm³/mol. The normalized spacial score (nSPS) is 14.2. The van der Waals surface area contributed by atoms with Crippen molar-refractivity contribution in [2.45, 2.75) is 44.6 Å². The molecule has 4 N–H and O–H groups in total. The Kier molecular flexibility index (Phi) is 5.52. The van der Waals surface area contributed by atoms with E-state index in [1.54, 1.807) is 25.1 Å². The van der Waals surface area contributed by atoms with Crippen molar-refractivity contribution in [2.75, 3.05) is 0 Å². The van der Waals surface area contributed by atoms with Gasteiger partial charge in [0.05, 0.1) is 10.9 Å². The highest BCUT2D eigenvalue weighted by Gasteiger charge is 2.23. The van der Waals surface area contributed by atoms with E-state index in [0.717, 1.165) is 5.56 Å². The van der Waals surface area contributed by atoms with E-state index in [9.17, 15) is 8.42 Å². The summed E-state index contributed by atoms with van der Waals surface area (Å²) in [7, 11) is -3.71. The van der Waals surface area contributed by atoms with Crippen LogP contribution in [0.1, 0.15) is 30.9 Å². The van der Waals surface area contributed by atoms with Crippen LogP contribution >= 0.6 is 0 Å². The molecular formula is C13H21N3O3S. The average molecular weight is 299 g/mol. The van der Waals surface area contributed by atoms with Crippen LogP contribution in [0.5, 0.6) is 0 Å². The highest BCUT2D eigenvalue weighted by atomic mass is 32.2.